The number of carbonyl (C=O) groups is 2. The lowest BCUT2D eigenvalue weighted by molar-refractivity contribution is -0.123. The number of halogens is 2. The average Bonchev–Trinajstić information content (AvgIpc) is 3.16. The standard InChI is InChI=1S/C19H23ClFN3O3/c1-10-7-14(17(25)22-16-9-15(27-23-16)19(2,3)4)24(18(10)26)11-5-6-13(21)12(20)8-11/h5-6,8,10,14-15H,7,9H2,1-4H3,(H,22,23,25)/t10-,14+,15?/m1/s1. The molecule has 8 heteroatoms. The Labute approximate surface area is 162 Å². The van der Waals surface area contributed by atoms with Crippen molar-refractivity contribution in [2.24, 2.45) is 16.5 Å². The third-order valence-corrected chi connectivity index (χ3v) is 5.22. The highest BCUT2D eigenvalue weighted by atomic mass is 35.5. The zero-order valence-corrected chi connectivity index (χ0v) is 16.5. The quantitative estimate of drug-likeness (QED) is 0.833. The number of nitrogens with zero attached hydrogens (tertiary/aromatic N) is 2. The number of carbonyl (C=O) groups excluding carboxylic acids is 2. The van der Waals surface area contributed by atoms with Crippen LogP contribution in [0.15, 0.2) is 23.4 Å². The molecule has 6 nitrogen and oxygen atoms in total. The van der Waals surface area contributed by atoms with E-state index in [0.29, 0.717) is 24.4 Å². The van der Waals surface area contributed by atoms with Gasteiger partial charge in [0.1, 0.15) is 18.0 Å². The molecule has 2 amide bonds. The van der Waals surface area contributed by atoms with Gasteiger partial charge in [0.2, 0.25) is 11.8 Å². The summed E-state index contributed by atoms with van der Waals surface area (Å²) in [5.41, 5.74) is 0.290. The molecule has 1 saturated heterocycles. The topological polar surface area (TPSA) is 71.0 Å². The van der Waals surface area contributed by atoms with Crippen molar-refractivity contribution in [3.8, 4) is 0 Å². The summed E-state index contributed by atoms with van der Waals surface area (Å²) in [6, 6.07) is 3.28. The van der Waals surface area contributed by atoms with E-state index in [0.717, 1.165) is 0 Å². The van der Waals surface area contributed by atoms with Crippen molar-refractivity contribution in [2.75, 3.05) is 4.90 Å². The number of amidine groups is 1. The van der Waals surface area contributed by atoms with Gasteiger partial charge in [-0.2, -0.15) is 0 Å². The van der Waals surface area contributed by atoms with Crippen LogP contribution >= 0.6 is 11.6 Å². The third kappa shape index (κ3) is 3.93. The Bertz CT molecular complexity index is 806. The normalized spacial score (nSPS) is 25.4. The Morgan fingerprint density at radius 3 is 2.70 bits per heavy atom. The number of amides is 2. The number of anilines is 1. The van der Waals surface area contributed by atoms with E-state index in [1.54, 1.807) is 6.92 Å². The summed E-state index contributed by atoms with van der Waals surface area (Å²) in [7, 11) is 0. The molecule has 0 saturated carbocycles. The summed E-state index contributed by atoms with van der Waals surface area (Å²) in [5, 5.41) is 6.65. The molecule has 0 spiro atoms. The maximum atomic E-state index is 13.5. The number of oxime groups is 1. The predicted octanol–water partition coefficient (Wildman–Crippen LogP) is 3.49. The van der Waals surface area contributed by atoms with Crippen LogP contribution in [0, 0.1) is 17.2 Å². The zero-order chi connectivity index (χ0) is 19.9. The summed E-state index contributed by atoms with van der Waals surface area (Å²) in [6.45, 7) is 7.87. The van der Waals surface area contributed by atoms with Crippen molar-refractivity contribution < 1.29 is 18.8 Å². The molecule has 1 N–H and O–H groups in total. The average molecular weight is 396 g/mol. The van der Waals surface area contributed by atoms with Gasteiger partial charge in [0.05, 0.1) is 5.02 Å². The molecule has 1 unspecified atom stereocenters. The van der Waals surface area contributed by atoms with E-state index in [4.69, 9.17) is 16.4 Å². The van der Waals surface area contributed by atoms with Gasteiger partial charge >= 0.3 is 0 Å². The van der Waals surface area contributed by atoms with E-state index < -0.39 is 11.9 Å². The summed E-state index contributed by atoms with van der Waals surface area (Å²) < 4.78 is 13.5. The molecule has 1 aromatic rings. The van der Waals surface area contributed by atoms with Crippen molar-refractivity contribution in [3.05, 3.63) is 29.0 Å². The highest BCUT2D eigenvalue weighted by molar-refractivity contribution is 6.31. The van der Waals surface area contributed by atoms with Crippen LogP contribution in [0.5, 0.6) is 0 Å². The molecule has 1 fully saturated rings. The van der Waals surface area contributed by atoms with E-state index in [9.17, 15) is 14.0 Å². The highest BCUT2D eigenvalue weighted by Gasteiger charge is 2.43. The highest BCUT2D eigenvalue weighted by Crippen LogP contribution is 2.33. The van der Waals surface area contributed by atoms with Crippen LogP contribution in [0.3, 0.4) is 0 Å². The maximum absolute atomic E-state index is 13.5. The van der Waals surface area contributed by atoms with Crippen molar-refractivity contribution in [1.82, 2.24) is 5.32 Å². The van der Waals surface area contributed by atoms with Gasteiger partial charge in [0, 0.05) is 23.4 Å². The van der Waals surface area contributed by atoms with E-state index in [-0.39, 0.29) is 34.3 Å². The molecule has 2 aliphatic rings. The molecule has 0 aromatic heterocycles. The SMILES string of the molecule is C[C@@H]1C[C@@H](C(=O)NC2=NOC(C(C)(C)C)C2)N(c2ccc(F)c(Cl)c2)C1=O. The van der Waals surface area contributed by atoms with Gasteiger partial charge in [0.25, 0.3) is 0 Å². The van der Waals surface area contributed by atoms with Crippen LogP contribution in [-0.2, 0) is 14.4 Å². The number of nitrogens with one attached hydrogen (secondary N) is 1. The Kier molecular flexibility index (Phi) is 5.16. The first-order valence-corrected chi connectivity index (χ1v) is 9.27. The maximum Gasteiger partial charge on any atom is 0.248 e. The molecule has 146 valence electrons. The van der Waals surface area contributed by atoms with Crippen molar-refractivity contribution in [1.29, 1.82) is 0 Å². The minimum absolute atomic E-state index is 0.0967. The monoisotopic (exact) mass is 395 g/mol. The van der Waals surface area contributed by atoms with Gasteiger partial charge in [-0.1, -0.05) is 44.5 Å². The molecule has 0 aliphatic carbocycles. The van der Waals surface area contributed by atoms with Crippen LogP contribution in [0.2, 0.25) is 5.02 Å². The smallest absolute Gasteiger partial charge is 0.248 e. The van der Waals surface area contributed by atoms with Crippen LogP contribution in [0.1, 0.15) is 40.5 Å². The first kappa shape index (κ1) is 19.6. The van der Waals surface area contributed by atoms with E-state index in [2.05, 4.69) is 10.5 Å². The molecule has 0 radical (unpaired) electrons. The van der Waals surface area contributed by atoms with E-state index in [1.807, 2.05) is 20.8 Å². The summed E-state index contributed by atoms with van der Waals surface area (Å²) in [5.74, 6) is -0.996. The Morgan fingerprint density at radius 2 is 2.11 bits per heavy atom. The first-order valence-electron chi connectivity index (χ1n) is 8.89. The van der Waals surface area contributed by atoms with Gasteiger partial charge in [-0.3, -0.25) is 14.5 Å². The fourth-order valence-electron chi connectivity index (χ4n) is 3.24. The molecular weight excluding hydrogens is 373 g/mol. The second kappa shape index (κ2) is 7.11. The van der Waals surface area contributed by atoms with Gasteiger partial charge < -0.3 is 10.2 Å². The van der Waals surface area contributed by atoms with Crippen molar-refractivity contribution in [3.63, 3.8) is 0 Å². The largest absolute Gasteiger partial charge is 0.390 e. The van der Waals surface area contributed by atoms with Crippen molar-refractivity contribution >= 4 is 34.9 Å². The minimum atomic E-state index is -0.717. The molecule has 3 rings (SSSR count). The second-order valence-corrected chi connectivity index (χ2v) is 8.56. The molecule has 3 atom stereocenters. The van der Waals surface area contributed by atoms with Gasteiger partial charge in [-0.05, 0) is 24.6 Å². The lowest BCUT2D eigenvalue weighted by atomic mass is 9.87. The van der Waals surface area contributed by atoms with Gasteiger partial charge in [-0.25, -0.2) is 4.39 Å². The number of rotatable bonds is 2. The summed E-state index contributed by atoms with van der Waals surface area (Å²) in [4.78, 5) is 32.2. The second-order valence-electron chi connectivity index (χ2n) is 8.15. The molecule has 0 bridgehead atoms. The van der Waals surface area contributed by atoms with Crippen molar-refractivity contribution in [2.45, 2.75) is 52.7 Å². The zero-order valence-electron chi connectivity index (χ0n) is 15.8. The molecule has 1 aromatic carbocycles. The molecule has 27 heavy (non-hydrogen) atoms. The lowest BCUT2D eigenvalue weighted by Gasteiger charge is -2.25. The Hall–Kier alpha value is -2.15. The van der Waals surface area contributed by atoms with Gasteiger partial charge in [-0.15, -0.1) is 0 Å². The Morgan fingerprint density at radius 1 is 1.41 bits per heavy atom. The Balaban J connectivity index is 1.77. The van der Waals surface area contributed by atoms with Crippen LogP contribution in [-0.4, -0.2) is 29.8 Å². The van der Waals surface area contributed by atoms with E-state index >= 15 is 0 Å². The fraction of sp³-hybridized carbons (Fsp3) is 0.526. The molecule has 2 aliphatic heterocycles. The predicted molar refractivity (Wildman–Crippen MR) is 101 cm³/mol. The van der Waals surface area contributed by atoms with E-state index in [1.165, 1.54) is 23.1 Å². The lowest BCUT2D eigenvalue weighted by Crippen LogP contribution is -2.47. The van der Waals surface area contributed by atoms with Crippen LogP contribution < -0.4 is 10.2 Å². The van der Waals surface area contributed by atoms with Gasteiger partial charge in [0.15, 0.2) is 5.84 Å². The molecule has 2 heterocycles. The van der Waals surface area contributed by atoms with Crippen LogP contribution in [0.4, 0.5) is 10.1 Å². The first-order chi connectivity index (χ1) is 12.6. The summed E-state index contributed by atoms with van der Waals surface area (Å²) >= 11 is 5.85. The van der Waals surface area contributed by atoms with Crippen LogP contribution in [0.25, 0.3) is 0 Å². The minimum Gasteiger partial charge on any atom is -0.390 e. The fourth-order valence-corrected chi connectivity index (χ4v) is 3.41. The third-order valence-electron chi connectivity index (χ3n) is 4.93. The number of hydrogen-bond acceptors (Lipinski definition) is 4. The molecular formula is C19H23ClFN3O3. The summed E-state index contributed by atoms with van der Waals surface area (Å²) in [6.07, 6.45) is 0.730. The number of hydrogen-bond donors (Lipinski definition) is 1. The number of benzene rings is 1.